The molecular formula is C33H32N6O2S. The van der Waals surface area contributed by atoms with Gasteiger partial charge in [-0.3, -0.25) is 14.6 Å². The third-order valence-electron chi connectivity index (χ3n) is 7.33. The van der Waals surface area contributed by atoms with Crippen molar-refractivity contribution < 1.29 is 9.59 Å². The molecule has 1 aliphatic rings. The molecule has 2 aromatic carbocycles. The molecule has 5 aromatic rings. The van der Waals surface area contributed by atoms with Crippen LogP contribution in [0.2, 0.25) is 0 Å². The number of rotatable bonds is 8. The van der Waals surface area contributed by atoms with Gasteiger partial charge in [0.15, 0.2) is 0 Å². The van der Waals surface area contributed by atoms with Gasteiger partial charge in [0.05, 0.1) is 16.1 Å². The van der Waals surface area contributed by atoms with Crippen molar-refractivity contribution in [3.05, 3.63) is 102 Å². The van der Waals surface area contributed by atoms with Crippen LogP contribution in [0.25, 0.3) is 21.5 Å². The highest BCUT2D eigenvalue weighted by atomic mass is 32.1. The first-order valence-corrected chi connectivity index (χ1v) is 15.1. The maximum atomic E-state index is 13.8. The molecule has 2 amide bonds. The van der Waals surface area contributed by atoms with E-state index in [4.69, 9.17) is 4.98 Å². The third-order valence-corrected chi connectivity index (χ3v) is 8.38. The molecule has 212 valence electrons. The molecule has 1 fully saturated rings. The van der Waals surface area contributed by atoms with E-state index in [1.54, 1.807) is 6.20 Å². The lowest BCUT2D eigenvalue weighted by Crippen LogP contribution is -2.48. The smallest absolute Gasteiger partial charge is 0.271 e. The van der Waals surface area contributed by atoms with E-state index in [1.807, 2.05) is 96.9 Å². The van der Waals surface area contributed by atoms with E-state index in [0.29, 0.717) is 28.5 Å². The molecule has 8 nitrogen and oxygen atoms in total. The van der Waals surface area contributed by atoms with Gasteiger partial charge in [0, 0.05) is 48.2 Å². The van der Waals surface area contributed by atoms with Crippen molar-refractivity contribution in [3.8, 4) is 11.3 Å². The molecule has 0 saturated carbocycles. The lowest BCUT2D eigenvalue weighted by molar-refractivity contribution is -0.0181. The third kappa shape index (κ3) is 6.02. The van der Waals surface area contributed by atoms with Crippen LogP contribution >= 0.6 is 11.3 Å². The Morgan fingerprint density at radius 2 is 1.69 bits per heavy atom. The van der Waals surface area contributed by atoms with Gasteiger partial charge in [0.2, 0.25) is 0 Å². The Bertz CT molecular complexity index is 1660. The number of carbonyl (C=O) groups is 2. The van der Waals surface area contributed by atoms with Crippen LogP contribution in [0.1, 0.15) is 46.2 Å². The van der Waals surface area contributed by atoms with E-state index < -0.39 is 0 Å². The number of thiophene rings is 1. The first kappa shape index (κ1) is 27.6. The lowest BCUT2D eigenvalue weighted by atomic mass is 10.1. The number of anilines is 3. The Morgan fingerprint density at radius 1 is 0.905 bits per heavy atom. The fourth-order valence-corrected chi connectivity index (χ4v) is 6.07. The maximum Gasteiger partial charge on any atom is 0.271 e. The molecule has 2 N–H and O–H groups in total. The SMILES string of the molecule is CCN(C(=O)c1ccc(-c2ccc(NC(=O)c3cc4cccnc4s3)cc2)nc1Nc1ccccc1)N1CCCCC1. The van der Waals surface area contributed by atoms with Crippen molar-refractivity contribution in [2.24, 2.45) is 0 Å². The van der Waals surface area contributed by atoms with E-state index >= 15 is 0 Å². The number of piperidine rings is 1. The summed E-state index contributed by atoms with van der Waals surface area (Å²) in [5.41, 5.74) is 3.66. The van der Waals surface area contributed by atoms with E-state index in [2.05, 4.69) is 20.6 Å². The summed E-state index contributed by atoms with van der Waals surface area (Å²) in [6.07, 6.45) is 5.11. The number of aromatic nitrogens is 2. The van der Waals surface area contributed by atoms with Gasteiger partial charge >= 0.3 is 0 Å². The summed E-state index contributed by atoms with van der Waals surface area (Å²) in [6.45, 7) is 4.37. The first-order chi connectivity index (χ1) is 20.6. The Kier molecular flexibility index (Phi) is 8.21. The van der Waals surface area contributed by atoms with Crippen molar-refractivity contribution in [2.75, 3.05) is 30.3 Å². The molecule has 0 aliphatic carbocycles. The number of hydrogen-bond acceptors (Lipinski definition) is 7. The highest BCUT2D eigenvalue weighted by molar-refractivity contribution is 7.20. The van der Waals surface area contributed by atoms with Crippen molar-refractivity contribution in [2.45, 2.75) is 26.2 Å². The minimum atomic E-state index is -0.171. The number of para-hydroxylation sites is 1. The Hall–Kier alpha value is -4.60. The number of hydrazine groups is 1. The van der Waals surface area contributed by atoms with E-state index in [0.717, 1.165) is 53.1 Å². The van der Waals surface area contributed by atoms with Crippen LogP contribution in [-0.2, 0) is 0 Å². The number of fused-ring (bicyclic) bond motifs is 1. The molecule has 9 heteroatoms. The van der Waals surface area contributed by atoms with Gasteiger partial charge in [-0.2, -0.15) is 0 Å². The standard InChI is InChI=1S/C33H32N6O2S/c1-2-39(38-20-7-4-8-21-38)33(41)27-17-18-28(37-30(27)35-25-11-5-3-6-12-25)23-13-15-26(16-14-23)36-31(40)29-22-24-10-9-19-34-32(24)42-29/h3,5-6,9-19,22H,2,4,7-8,20-21H2,1H3,(H,35,37)(H,36,40). The van der Waals surface area contributed by atoms with Gasteiger partial charge in [-0.05, 0) is 68.3 Å². The summed E-state index contributed by atoms with van der Waals surface area (Å²) in [5, 5.41) is 11.3. The van der Waals surface area contributed by atoms with Crippen LogP contribution in [0.4, 0.5) is 17.2 Å². The van der Waals surface area contributed by atoms with Crippen LogP contribution < -0.4 is 10.6 Å². The fraction of sp³-hybridized carbons (Fsp3) is 0.212. The van der Waals surface area contributed by atoms with E-state index in [1.165, 1.54) is 17.8 Å². The molecule has 0 unspecified atom stereocenters. The van der Waals surface area contributed by atoms with Crippen LogP contribution in [0.3, 0.4) is 0 Å². The summed E-state index contributed by atoms with van der Waals surface area (Å²) >= 11 is 1.37. The number of carbonyl (C=O) groups excluding carboxylic acids is 2. The van der Waals surface area contributed by atoms with Gasteiger partial charge in [-0.15, -0.1) is 11.3 Å². The summed E-state index contributed by atoms with van der Waals surface area (Å²) in [7, 11) is 0. The van der Waals surface area contributed by atoms with E-state index in [-0.39, 0.29) is 11.8 Å². The minimum Gasteiger partial charge on any atom is -0.340 e. The van der Waals surface area contributed by atoms with Gasteiger partial charge in [-0.25, -0.2) is 15.0 Å². The summed E-state index contributed by atoms with van der Waals surface area (Å²) in [4.78, 5) is 37.4. The second-order valence-corrected chi connectivity index (χ2v) is 11.2. The van der Waals surface area contributed by atoms with Gasteiger partial charge in [-0.1, -0.05) is 42.8 Å². The molecule has 1 saturated heterocycles. The van der Waals surface area contributed by atoms with Crippen molar-refractivity contribution >= 4 is 50.6 Å². The van der Waals surface area contributed by atoms with Crippen LogP contribution in [-0.4, -0.2) is 51.4 Å². The summed E-state index contributed by atoms with van der Waals surface area (Å²) in [5.74, 6) is 0.275. The summed E-state index contributed by atoms with van der Waals surface area (Å²) < 4.78 is 0. The molecule has 4 heterocycles. The Labute approximate surface area is 249 Å². The molecule has 0 atom stereocenters. The molecule has 0 radical (unpaired) electrons. The molecule has 3 aromatic heterocycles. The summed E-state index contributed by atoms with van der Waals surface area (Å²) in [6, 6.07) is 26.7. The van der Waals surface area contributed by atoms with Crippen LogP contribution in [0, 0.1) is 0 Å². The minimum absolute atomic E-state index is 0.0635. The van der Waals surface area contributed by atoms with Crippen molar-refractivity contribution in [1.29, 1.82) is 0 Å². The number of pyridine rings is 2. The fourth-order valence-electron chi connectivity index (χ4n) is 5.18. The topological polar surface area (TPSA) is 90.5 Å². The number of amides is 2. The Balaban J connectivity index is 1.25. The largest absolute Gasteiger partial charge is 0.340 e. The highest BCUT2D eigenvalue weighted by Gasteiger charge is 2.26. The number of nitrogens with one attached hydrogen (secondary N) is 2. The molecular weight excluding hydrogens is 544 g/mol. The zero-order valence-electron chi connectivity index (χ0n) is 23.4. The number of nitrogens with zero attached hydrogens (tertiary/aromatic N) is 4. The van der Waals surface area contributed by atoms with Crippen LogP contribution in [0.15, 0.2) is 91.1 Å². The predicted octanol–water partition coefficient (Wildman–Crippen LogP) is 7.22. The van der Waals surface area contributed by atoms with Gasteiger partial charge in [0.25, 0.3) is 11.8 Å². The first-order valence-electron chi connectivity index (χ1n) is 14.3. The second kappa shape index (κ2) is 12.5. The average Bonchev–Trinajstić information content (AvgIpc) is 3.48. The normalized spacial score (nSPS) is 13.5. The second-order valence-electron chi connectivity index (χ2n) is 10.2. The number of benzene rings is 2. The van der Waals surface area contributed by atoms with E-state index in [9.17, 15) is 9.59 Å². The zero-order chi connectivity index (χ0) is 28.9. The quantitative estimate of drug-likeness (QED) is 0.203. The van der Waals surface area contributed by atoms with Gasteiger partial charge in [0.1, 0.15) is 10.6 Å². The average molecular weight is 577 g/mol. The lowest BCUT2D eigenvalue weighted by Gasteiger charge is -2.37. The Morgan fingerprint density at radius 3 is 2.43 bits per heavy atom. The van der Waals surface area contributed by atoms with Gasteiger partial charge < -0.3 is 10.6 Å². The molecule has 0 bridgehead atoms. The molecule has 1 aliphatic heterocycles. The molecule has 6 rings (SSSR count). The molecule has 0 spiro atoms. The van der Waals surface area contributed by atoms with Crippen molar-refractivity contribution in [3.63, 3.8) is 0 Å². The van der Waals surface area contributed by atoms with Crippen molar-refractivity contribution in [1.82, 2.24) is 20.0 Å². The highest BCUT2D eigenvalue weighted by Crippen LogP contribution is 2.28. The molecule has 42 heavy (non-hydrogen) atoms. The van der Waals surface area contributed by atoms with Crippen LogP contribution in [0.5, 0.6) is 0 Å². The number of hydrogen-bond donors (Lipinski definition) is 2. The predicted molar refractivity (Wildman–Crippen MR) is 169 cm³/mol. The maximum absolute atomic E-state index is 13.8. The zero-order valence-corrected chi connectivity index (χ0v) is 24.2. The monoisotopic (exact) mass is 576 g/mol.